The predicted octanol–water partition coefficient (Wildman–Crippen LogP) is 1.94. The molecule has 0 radical (unpaired) electrons. The predicted molar refractivity (Wildman–Crippen MR) is 113 cm³/mol. The van der Waals surface area contributed by atoms with Gasteiger partial charge in [0.1, 0.15) is 12.4 Å². The Balaban J connectivity index is 1.65. The fourth-order valence-electron chi connectivity index (χ4n) is 3.56. The molecule has 0 aliphatic carbocycles. The van der Waals surface area contributed by atoms with Gasteiger partial charge in [0.15, 0.2) is 5.78 Å². The van der Waals surface area contributed by atoms with Crippen LogP contribution in [0.5, 0.6) is 0 Å². The first kappa shape index (κ1) is 19.9. The SMILES string of the molecule is Cc1cccc(C(=O)C2CN(c3nc(-c4ccncn4)cc(=O)n3C)CCO2)c1C. The van der Waals surface area contributed by atoms with E-state index in [9.17, 15) is 9.59 Å². The van der Waals surface area contributed by atoms with Crippen LogP contribution in [0.2, 0.25) is 0 Å². The average Bonchev–Trinajstić information content (AvgIpc) is 2.77. The Labute approximate surface area is 174 Å². The lowest BCUT2D eigenvalue weighted by Gasteiger charge is -2.34. The zero-order valence-corrected chi connectivity index (χ0v) is 17.2. The molecule has 1 fully saturated rings. The molecular weight excluding hydrogens is 382 g/mol. The molecular formula is C22H23N5O3. The molecule has 3 heterocycles. The van der Waals surface area contributed by atoms with E-state index < -0.39 is 6.10 Å². The Kier molecular flexibility index (Phi) is 5.41. The number of carbonyl (C=O) groups is 1. The topological polar surface area (TPSA) is 90.2 Å². The average molecular weight is 405 g/mol. The third kappa shape index (κ3) is 3.73. The minimum absolute atomic E-state index is 0.0575. The highest BCUT2D eigenvalue weighted by molar-refractivity contribution is 6.01. The second kappa shape index (κ2) is 8.16. The van der Waals surface area contributed by atoms with Gasteiger partial charge < -0.3 is 9.64 Å². The summed E-state index contributed by atoms with van der Waals surface area (Å²) in [5.74, 6) is 0.427. The number of Topliss-reactive ketones (excluding diaryl/α,β-unsaturated/α-hetero) is 1. The van der Waals surface area contributed by atoms with Crippen LogP contribution in [0, 0.1) is 13.8 Å². The van der Waals surface area contributed by atoms with Gasteiger partial charge in [-0.1, -0.05) is 18.2 Å². The lowest BCUT2D eigenvalue weighted by molar-refractivity contribution is 0.0336. The molecule has 1 aromatic carbocycles. The van der Waals surface area contributed by atoms with Crippen LogP contribution in [-0.2, 0) is 11.8 Å². The molecule has 4 rings (SSSR count). The maximum atomic E-state index is 13.1. The van der Waals surface area contributed by atoms with Gasteiger partial charge in [0, 0.05) is 31.4 Å². The Morgan fingerprint density at radius 3 is 2.80 bits per heavy atom. The number of hydrogen-bond donors (Lipinski definition) is 0. The summed E-state index contributed by atoms with van der Waals surface area (Å²) in [4.78, 5) is 40.4. The van der Waals surface area contributed by atoms with Crippen LogP contribution in [0.15, 0.2) is 47.7 Å². The van der Waals surface area contributed by atoms with Crippen molar-refractivity contribution in [2.75, 3.05) is 24.6 Å². The summed E-state index contributed by atoms with van der Waals surface area (Å²) in [5, 5.41) is 0. The van der Waals surface area contributed by atoms with Crippen LogP contribution in [0.4, 0.5) is 5.95 Å². The van der Waals surface area contributed by atoms with Crippen molar-refractivity contribution in [2.24, 2.45) is 7.05 Å². The molecule has 8 nitrogen and oxygen atoms in total. The monoisotopic (exact) mass is 405 g/mol. The van der Waals surface area contributed by atoms with Gasteiger partial charge in [0.05, 0.1) is 24.5 Å². The van der Waals surface area contributed by atoms with Crippen LogP contribution in [0.1, 0.15) is 21.5 Å². The summed E-state index contributed by atoms with van der Waals surface area (Å²) in [6, 6.07) is 8.85. The molecule has 0 bridgehead atoms. The Bertz CT molecular complexity index is 1140. The molecule has 30 heavy (non-hydrogen) atoms. The van der Waals surface area contributed by atoms with E-state index in [1.807, 2.05) is 36.9 Å². The number of rotatable bonds is 4. The van der Waals surface area contributed by atoms with Crippen molar-refractivity contribution in [3.05, 3.63) is 69.9 Å². The van der Waals surface area contributed by atoms with Crippen molar-refractivity contribution in [1.82, 2.24) is 19.5 Å². The molecule has 8 heteroatoms. The Morgan fingerprint density at radius 1 is 1.20 bits per heavy atom. The third-order valence-electron chi connectivity index (χ3n) is 5.47. The zero-order chi connectivity index (χ0) is 21.3. The molecule has 1 unspecified atom stereocenters. The summed E-state index contributed by atoms with van der Waals surface area (Å²) in [5.41, 5.74) is 3.53. The van der Waals surface area contributed by atoms with E-state index in [1.54, 1.807) is 19.3 Å². The normalized spacial score (nSPS) is 16.5. The van der Waals surface area contributed by atoms with Gasteiger partial charge in [0.2, 0.25) is 5.95 Å². The first-order valence-corrected chi connectivity index (χ1v) is 9.77. The van der Waals surface area contributed by atoms with E-state index in [2.05, 4.69) is 15.0 Å². The second-order valence-corrected chi connectivity index (χ2v) is 7.35. The number of aryl methyl sites for hydroxylation is 1. The molecule has 0 spiro atoms. The molecule has 1 atom stereocenters. The van der Waals surface area contributed by atoms with Crippen molar-refractivity contribution in [3.63, 3.8) is 0 Å². The van der Waals surface area contributed by atoms with Crippen molar-refractivity contribution >= 4 is 11.7 Å². The lowest BCUT2D eigenvalue weighted by atomic mass is 9.97. The summed E-state index contributed by atoms with van der Waals surface area (Å²) in [6.45, 7) is 5.15. The smallest absolute Gasteiger partial charge is 0.255 e. The molecule has 154 valence electrons. The largest absolute Gasteiger partial charge is 0.366 e. The van der Waals surface area contributed by atoms with Gasteiger partial charge in [-0.3, -0.25) is 14.2 Å². The number of hydrogen-bond acceptors (Lipinski definition) is 7. The van der Waals surface area contributed by atoms with E-state index in [0.29, 0.717) is 42.6 Å². The van der Waals surface area contributed by atoms with E-state index in [0.717, 1.165) is 11.1 Å². The maximum absolute atomic E-state index is 13.1. The quantitative estimate of drug-likeness (QED) is 0.613. The molecule has 2 aromatic heterocycles. The number of nitrogens with zero attached hydrogens (tertiary/aromatic N) is 5. The maximum Gasteiger partial charge on any atom is 0.255 e. The first-order valence-electron chi connectivity index (χ1n) is 9.77. The van der Waals surface area contributed by atoms with Gasteiger partial charge in [-0.15, -0.1) is 0 Å². The van der Waals surface area contributed by atoms with Crippen LogP contribution in [-0.4, -0.2) is 51.1 Å². The fourth-order valence-corrected chi connectivity index (χ4v) is 3.56. The number of carbonyl (C=O) groups excluding carboxylic acids is 1. The molecule has 0 N–H and O–H groups in total. The number of ether oxygens (including phenoxy) is 1. The van der Waals surface area contributed by atoms with Crippen molar-refractivity contribution in [2.45, 2.75) is 20.0 Å². The number of ketones is 1. The van der Waals surface area contributed by atoms with Crippen LogP contribution in [0.25, 0.3) is 11.4 Å². The van der Waals surface area contributed by atoms with Gasteiger partial charge >= 0.3 is 0 Å². The fraction of sp³-hybridized carbons (Fsp3) is 0.318. The molecule has 3 aromatic rings. The van der Waals surface area contributed by atoms with Crippen molar-refractivity contribution in [1.29, 1.82) is 0 Å². The van der Waals surface area contributed by atoms with Crippen LogP contribution >= 0.6 is 0 Å². The summed E-state index contributed by atoms with van der Waals surface area (Å²) in [6.07, 6.45) is 2.40. The Hall–Kier alpha value is -3.39. The number of anilines is 1. The number of aromatic nitrogens is 4. The molecule has 1 aliphatic rings. The Morgan fingerprint density at radius 2 is 2.03 bits per heavy atom. The second-order valence-electron chi connectivity index (χ2n) is 7.35. The van der Waals surface area contributed by atoms with Crippen molar-refractivity contribution < 1.29 is 9.53 Å². The van der Waals surface area contributed by atoms with Crippen molar-refractivity contribution in [3.8, 4) is 11.4 Å². The van der Waals surface area contributed by atoms with Crippen LogP contribution in [0.3, 0.4) is 0 Å². The third-order valence-corrected chi connectivity index (χ3v) is 5.47. The standard InChI is InChI=1S/C22H23N5O3/c1-14-5-4-6-16(15(14)2)21(29)19-12-27(9-10-30-19)22-25-18(11-20(28)26(22)3)17-7-8-23-13-24-17/h4-8,11,13,19H,9-10,12H2,1-3H3. The highest BCUT2D eigenvalue weighted by Crippen LogP contribution is 2.21. The summed E-state index contributed by atoms with van der Waals surface area (Å²) in [7, 11) is 1.67. The number of morpholine rings is 1. The molecule has 1 aliphatic heterocycles. The van der Waals surface area contributed by atoms with Gasteiger partial charge in [-0.05, 0) is 31.0 Å². The summed E-state index contributed by atoms with van der Waals surface area (Å²) >= 11 is 0. The van der Waals surface area contributed by atoms with E-state index in [-0.39, 0.29) is 11.3 Å². The van der Waals surface area contributed by atoms with E-state index in [1.165, 1.54) is 17.0 Å². The number of benzene rings is 1. The minimum Gasteiger partial charge on any atom is -0.366 e. The van der Waals surface area contributed by atoms with Gasteiger partial charge in [0.25, 0.3) is 5.56 Å². The zero-order valence-electron chi connectivity index (χ0n) is 17.2. The molecule has 0 saturated carbocycles. The summed E-state index contributed by atoms with van der Waals surface area (Å²) < 4.78 is 7.28. The highest BCUT2D eigenvalue weighted by Gasteiger charge is 2.30. The first-order chi connectivity index (χ1) is 14.5. The lowest BCUT2D eigenvalue weighted by Crippen LogP contribution is -2.48. The van der Waals surface area contributed by atoms with E-state index >= 15 is 0 Å². The van der Waals surface area contributed by atoms with Crippen LogP contribution < -0.4 is 10.5 Å². The van der Waals surface area contributed by atoms with E-state index in [4.69, 9.17) is 4.74 Å². The van der Waals surface area contributed by atoms with Gasteiger partial charge in [-0.25, -0.2) is 15.0 Å². The highest BCUT2D eigenvalue weighted by atomic mass is 16.5. The minimum atomic E-state index is -0.626. The molecule has 0 amide bonds. The molecule has 1 saturated heterocycles. The van der Waals surface area contributed by atoms with Gasteiger partial charge in [-0.2, -0.15) is 0 Å².